The van der Waals surface area contributed by atoms with Crippen molar-refractivity contribution in [2.75, 3.05) is 14.1 Å². The first kappa shape index (κ1) is 12.7. The third-order valence-corrected chi connectivity index (χ3v) is 3.26. The first-order chi connectivity index (χ1) is 12.3. The number of aryl methyl sites for hydroxylation is 1. The van der Waals surface area contributed by atoms with E-state index in [1.165, 1.54) is 7.11 Å². The Morgan fingerprint density at radius 2 is 1.91 bits per heavy atom. The fourth-order valence-corrected chi connectivity index (χ4v) is 2.09. The van der Waals surface area contributed by atoms with E-state index >= 15 is 0 Å². The van der Waals surface area contributed by atoms with Gasteiger partial charge in [0.1, 0.15) is 19.4 Å². The molecule has 0 aliphatic carbocycles. The van der Waals surface area contributed by atoms with Gasteiger partial charge in [0.15, 0.2) is 5.71 Å². The van der Waals surface area contributed by atoms with Gasteiger partial charge in [-0.15, -0.1) is 0 Å². The summed E-state index contributed by atoms with van der Waals surface area (Å²) in [7, 11) is -1.59. The van der Waals surface area contributed by atoms with Crippen LogP contribution in [0.15, 0.2) is 53.7 Å². The Kier molecular flexibility index (Phi) is 4.41. The zero-order valence-electron chi connectivity index (χ0n) is 15.9. The number of oxime groups is 1. The van der Waals surface area contributed by atoms with Crippen LogP contribution >= 0.6 is 0 Å². The van der Waals surface area contributed by atoms with Gasteiger partial charge in [-0.25, -0.2) is 4.79 Å². The molecular formula is C18H19NO4. The molecule has 0 atom stereocenters. The van der Waals surface area contributed by atoms with Crippen LogP contribution in [0.4, 0.5) is 0 Å². The van der Waals surface area contributed by atoms with Gasteiger partial charge in [0.2, 0.25) is 0 Å². The number of benzene rings is 2. The van der Waals surface area contributed by atoms with Crippen molar-refractivity contribution in [3.8, 4) is 5.75 Å². The van der Waals surface area contributed by atoms with Gasteiger partial charge in [-0.3, -0.25) is 0 Å². The first-order valence-electron chi connectivity index (χ1n) is 8.43. The molecular weight excluding hydrogens is 294 g/mol. The highest BCUT2D eigenvalue weighted by molar-refractivity contribution is 6.43. The second kappa shape index (κ2) is 7.98. The summed E-state index contributed by atoms with van der Waals surface area (Å²) >= 11 is 0. The molecule has 5 heteroatoms. The predicted molar refractivity (Wildman–Crippen MR) is 87.5 cm³/mol. The Hall–Kier alpha value is -2.82. The lowest BCUT2D eigenvalue weighted by Crippen LogP contribution is -2.19. The van der Waals surface area contributed by atoms with Crippen molar-refractivity contribution >= 4 is 11.7 Å². The molecule has 0 amide bonds. The van der Waals surface area contributed by atoms with Crippen LogP contribution in [-0.4, -0.2) is 25.8 Å². The van der Waals surface area contributed by atoms with Crippen molar-refractivity contribution < 1.29 is 23.2 Å². The number of para-hydroxylation sites is 1. The lowest BCUT2D eigenvalue weighted by atomic mass is 10.0. The van der Waals surface area contributed by atoms with E-state index in [1.807, 2.05) is 31.2 Å². The first-order valence-corrected chi connectivity index (χ1v) is 6.93. The zero-order chi connectivity index (χ0) is 19.2. The molecule has 0 aliphatic rings. The molecule has 0 unspecified atom stereocenters. The van der Waals surface area contributed by atoms with Crippen LogP contribution in [0.2, 0.25) is 0 Å². The van der Waals surface area contributed by atoms with Gasteiger partial charge in [0.25, 0.3) is 0 Å². The molecule has 0 fully saturated rings. The second-order valence-electron chi connectivity index (χ2n) is 4.73. The van der Waals surface area contributed by atoms with Gasteiger partial charge >= 0.3 is 5.97 Å². The molecule has 0 saturated carbocycles. The SMILES string of the molecule is [2H]C([2H])([2H])O/N=C(/C(=O)OC)c1ccccc1COc1ccccc1C. The summed E-state index contributed by atoms with van der Waals surface area (Å²) in [5, 5.41) is 3.49. The van der Waals surface area contributed by atoms with Crippen molar-refractivity contribution in [3.05, 3.63) is 65.2 Å². The summed E-state index contributed by atoms with van der Waals surface area (Å²) in [6.45, 7) is 2.08. The quantitative estimate of drug-likeness (QED) is 0.467. The van der Waals surface area contributed by atoms with E-state index in [9.17, 15) is 4.79 Å². The predicted octanol–water partition coefficient (Wildman–Crippen LogP) is 3.10. The standard InChI is InChI=1S/C18H19NO4/c1-13-8-4-7-11-16(13)23-12-14-9-5-6-10-15(14)17(19-22-3)18(20)21-2/h4-11H,12H2,1-3H3/b19-17+/i3D3. The number of nitrogens with zero attached hydrogens (tertiary/aromatic N) is 1. The van der Waals surface area contributed by atoms with Crippen LogP contribution in [0.1, 0.15) is 20.8 Å². The summed E-state index contributed by atoms with van der Waals surface area (Å²) < 4.78 is 31.8. The lowest BCUT2D eigenvalue weighted by Gasteiger charge is -2.12. The highest BCUT2D eigenvalue weighted by Crippen LogP contribution is 2.19. The maximum atomic E-state index is 12.1. The molecule has 0 bridgehead atoms. The zero-order valence-corrected chi connectivity index (χ0v) is 12.9. The van der Waals surface area contributed by atoms with Crippen molar-refractivity contribution in [1.82, 2.24) is 0 Å². The normalized spacial score (nSPS) is 13.5. The molecule has 0 aromatic heterocycles. The molecule has 0 heterocycles. The van der Waals surface area contributed by atoms with Crippen LogP contribution in [0, 0.1) is 6.92 Å². The minimum absolute atomic E-state index is 0.158. The summed E-state index contributed by atoms with van der Waals surface area (Å²) in [6.07, 6.45) is 0. The molecule has 120 valence electrons. The Morgan fingerprint density at radius 3 is 2.65 bits per heavy atom. The van der Waals surface area contributed by atoms with Gasteiger partial charge < -0.3 is 14.3 Å². The number of ether oxygens (including phenoxy) is 2. The van der Waals surface area contributed by atoms with Crippen LogP contribution in [0.3, 0.4) is 0 Å². The molecule has 0 spiro atoms. The minimum atomic E-state index is -2.77. The van der Waals surface area contributed by atoms with Crippen LogP contribution in [0.25, 0.3) is 0 Å². The number of hydrogen-bond acceptors (Lipinski definition) is 5. The number of carbonyl (C=O) groups excluding carboxylic acids is 1. The molecule has 0 N–H and O–H groups in total. The van der Waals surface area contributed by atoms with Gasteiger partial charge in [0, 0.05) is 5.56 Å². The molecule has 0 aliphatic heterocycles. The van der Waals surface area contributed by atoms with Crippen molar-refractivity contribution in [3.63, 3.8) is 0 Å². The number of esters is 1. The summed E-state index contributed by atoms with van der Waals surface area (Å²) in [5.74, 6) is -0.102. The minimum Gasteiger partial charge on any atom is -0.489 e. The Labute approximate surface area is 139 Å². The highest BCUT2D eigenvalue weighted by Gasteiger charge is 2.19. The summed E-state index contributed by atoms with van der Waals surface area (Å²) in [5.41, 5.74) is 1.73. The van der Waals surface area contributed by atoms with Crippen LogP contribution in [0.5, 0.6) is 5.75 Å². The summed E-state index contributed by atoms with van der Waals surface area (Å²) in [6, 6.07) is 14.4. The third-order valence-electron chi connectivity index (χ3n) is 3.26. The van der Waals surface area contributed by atoms with E-state index in [0.29, 0.717) is 16.9 Å². The molecule has 0 saturated heterocycles. The molecule has 2 rings (SSSR count). The van der Waals surface area contributed by atoms with Crippen molar-refractivity contribution in [2.45, 2.75) is 13.5 Å². The van der Waals surface area contributed by atoms with Crippen LogP contribution in [-0.2, 0) is 21.0 Å². The van der Waals surface area contributed by atoms with Crippen molar-refractivity contribution in [2.24, 2.45) is 5.16 Å². The Balaban J connectivity index is 2.32. The third kappa shape index (κ3) is 4.10. The van der Waals surface area contributed by atoms with Crippen LogP contribution < -0.4 is 4.74 Å². The average molecular weight is 316 g/mol. The maximum Gasteiger partial charge on any atom is 0.360 e. The lowest BCUT2D eigenvalue weighted by molar-refractivity contribution is -0.132. The van der Waals surface area contributed by atoms with Gasteiger partial charge in [-0.05, 0) is 24.1 Å². The topological polar surface area (TPSA) is 57.1 Å². The average Bonchev–Trinajstić information content (AvgIpc) is 2.61. The maximum absolute atomic E-state index is 12.1. The van der Waals surface area contributed by atoms with E-state index in [0.717, 1.165) is 5.56 Å². The monoisotopic (exact) mass is 316 g/mol. The number of carbonyl (C=O) groups is 1. The van der Waals surface area contributed by atoms with Gasteiger partial charge in [-0.1, -0.05) is 47.6 Å². The number of methoxy groups -OCH3 is 1. The van der Waals surface area contributed by atoms with E-state index in [4.69, 9.17) is 13.6 Å². The number of rotatable bonds is 6. The van der Waals surface area contributed by atoms with E-state index in [2.05, 4.69) is 9.99 Å². The van der Waals surface area contributed by atoms with E-state index in [1.54, 1.807) is 24.3 Å². The van der Waals surface area contributed by atoms with Gasteiger partial charge in [0.05, 0.1) is 11.2 Å². The fourth-order valence-electron chi connectivity index (χ4n) is 2.09. The Morgan fingerprint density at radius 1 is 1.17 bits per heavy atom. The fraction of sp³-hybridized carbons (Fsp3) is 0.222. The highest BCUT2D eigenvalue weighted by atomic mass is 16.6. The largest absolute Gasteiger partial charge is 0.489 e. The van der Waals surface area contributed by atoms with E-state index in [-0.39, 0.29) is 12.3 Å². The van der Waals surface area contributed by atoms with Gasteiger partial charge in [-0.2, -0.15) is 0 Å². The molecule has 2 aromatic carbocycles. The molecule has 0 radical (unpaired) electrons. The smallest absolute Gasteiger partial charge is 0.360 e. The van der Waals surface area contributed by atoms with Crippen molar-refractivity contribution in [1.29, 1.82) is 0 Å². The molecule has 5 nitrogen and oxygen atoms in total. The number of hydrogen-bond donors (Lipinski definition) is 0. The summed E-state index contributed by atoms with van der Waals surface area (Å²) in [4.78, 5) is 16.5. The Bertz CT molecular complexity index is 803. The molecule has 23 heavy (non-hydrogen) atoms. The second-order valence-corrected chi connectivity index (χ2v) is 4.73. The molecule has 2 aromatic rings. The van der Waals surface area contributed by atoms with E-state index < -0.39 is 13.0 Å².